The van der Waals surface area contributed by atoms with Gasteiger partial charge < -0.3 is 14.6 Å². The third-order valence-corrected chi connectivity index (χ3v) is 2.90. The first-order valence-electron chi connectivity index (χ1n) is 6.01. The molecule has 92 valence electrons. The maximum atomic E-state index is 9.20. The number of hydrogen-bond donors (Lipinski definition) is 2. The third kappa shape index (κ3) is 2.68. The van der Waals surface area contributed by atoms with Gasteiger partial charge in [-0.2, -0.15) is 0 Å². The molecular weight excluding hydrogens is 212 g/mol. The number of aromatic nitrogens is 1. The van der Waals surface area contributed by atoms with Crippen molar-refractivity contribution >= 4 is 10.9 Å². The van der Waals surface area contributed by atoms with Crippen LogP contribution in [-0.2, 0) is 13.0 Å². The number of rotatable bonds is 4. The van der Waals surface area contributed by atoms with Crippen LogP contribution in [0.2, 0.25) is 0 Å². The van der Waals surface area contributed by atoms with Crippen molar-refractivity contribution in [3.63, 3.8) is 0 Å². The van der Waals surface area contributed by atoms with Crippen molar-refractivity contribution in [1.82, 2.24) is 4.98 Å². The summed E-state index contributed by atoms with van der Waals surface area (Å²) < 4.78 is 0.880. The zero-order valence-electron chi connectivity index (χ0n) is 10.8. The molecule has 1 aromatic carbocycles. The van der Waals surface area contributed by atoms with E-state index in [9.17, 15) is 5.11 Å². The Morgan fingerprint density at radius 3 is 2.53 bits per heavy atom. The van der Waals surface area contributed by atoms with Crippen molar-refractivity contribution < 1.29 is 9.59 Å². The first-order valence-corrected chi connectivity index (χ1v) is 6.01. The zero-order chi connectivity index (χ0) is 12.5. The average molecular weight is 233 g/mol. The Labute approximate surface area is 102 Å². The Hall–Kier alpha value is -1.32. The predicted octanol–water partition coefficient (Wildman–Crippen LogP) is 1.91. The topological polar surface area (TPSA) is 36.0 Å². The number of nitrogens with zero attached hydrogens (tertiary/aromatic N) is 1. The van der Waals surface area contributed by atoms with Crippen LogP contribution in [0, 0.1) is 0 Å². The maximum absolute atomic E-state index is 9.20. The van der Waals surface area contributed by atoms with Crippen molar-refractivity contribution in [1.29, 1.82) is 0 Å². The van der Waals surface area contributed by atoms with Crippen molar-refractivity contribution in [2.75, 3.05) is 27.7 Å². The molecule has 2 rings (SSSR count). The lowest BCUT2D eigenvalue weighted by Gasteiger charge is -2.23. The van der Waals surface area contributed by atoms with Gasteiger partial charge in [-0.15, -0.1) is 0 Å². The summed E-state index contributed by atoms with van der Waals surface area (Å²) in [5.41, 5.74) is 3.67. The van der Waals surface area contributed by atoms with Gasteiger partial charge >= 0.3 is 0 Å². The van der Waals surface area contributed by atoms with Gasteiger partial charge in [-0.25, -0.2) is 0 Å². The minimum absolute atomic E-state index is 0.200. The lowest BCUT2D eigenvalue weighted by molar-refractivity contribution is -0.884. The molecule has 0 saturated carbocycles. The number of aliphatic hydroxyl groups excluding tert-OH is 1. The maximum Gasteiger partial charge on any atom is 0.119 e. The highest BCUT2D eigenvalue weighted by molar-refractivity contribution is 5.84. The quantitative estimate of drug-likeness (QED) is 0.778. The molecule has 2 N–H and O–H groups in total. The molecule has 0 saturated heterocycles. The fourth-order valence-corrected chi connectivity index (χ4v) is 2.26. The number of H-pyrrole nitrogens is 1. The van der Waals surface area contributed by atoms with Gasteiger partial charge in [0.05, 0.1) is 26.8 Å². The SMILES string of the molecule is C[N+](C)(C)Cc1[nH]c2ccccc2c1CCO. The molecule has 0 bridgehead atoms. The van der Waals surface area contributed by atoms with Crippen LogP contribution in [0.25, 0.3) is 10.9 Å². The highest BCUT2D eigenvalue weighted by Gasteiger charge is 2.16. The molecule has 0 radical (unpaired) electrons. The number of fused-ring (bicyclic) bond motifs is 1. The van der Waals surface area contributed by atoms with E-state index in [0.29, 0.717) is 0 Å². The number of aromatic amines is 1. The van der Waals surface area contributed by atoms with E-state index in [2.05, 4.69) is 38.3 Å². The second kappa shape index (κ2) is 4.51. The van der Waals surface area contributed by atoms with Crippen molar-refractivity contribution in [3.8, 4) is 0 Å². The van der Waals surface area contributed by atoms with Gasteiger partial charge in [0, 0.05) is 17.5 Å². The lowest BCUT2D eigenvalue weighted by atomic mass is 10.1. The molecule has 0 amide bonds. The second-order valence-electron chi connectivity index (χ2n) is 5.55. The Bertz CT molecular complexity index is 508. The van der Waals surface area contributed by atoms with Crippen LogP contribution < -0.4 is 0 Å². The molecule has 17 heavy (non-hydrogen) atoms. The zero-order valence-corrected chi connectivity index (χ0v) is 10.8. The van der Waals surface area contributed by atoms with E-state index in [0.717, 1.165) is 17.4 Å². The molecule has 3 heteroatoms. The lowest BCUT2D eigenvalue weighted by Crippen LogP contribution is -2.33. The number of quaternary nitrogens is 1. The van der Waals surface area contributed by atoms with Crippen LogP contribution >= 0.6 is 0 Å². The molecule has 0 spiro atoms. The summed E-state index contributed by atoms with van der Waals surface area (Å²) in [5, 5.41) is 10.4. The molecule has 1 aromatic heterocycles. The van der Waals surface area contributed by atoms with Crippen LogP contribution in [0.1, 0.15) is 11.3 Å². The van der Waals surface area contributed by atoms with E-state index in [4.69, 9.17) is 0 Å². The van der Waals surface area contributed by atoms with Crippen molar-refractivity contribution in [2.24, 2.45) is 0 Å². The summed E-state index contributed by atoms with van der Waals surface area (Å²) in [7, 11) is 6.52. The van der Waals surface area contributed by atoms with E-state index in [1.165, 1.54) is 22.2 Å². The number of benzene rings is 1. The molecular formula is C14H21N2O+. The Morgan fingerprint density at radius 1 is 1.18 bits per heavy atom. The van der Waals surface area contributed by atoms with Gasteiger partial charge in [0.2, 0.25) is 0 Å². The number of aliphatic hydroxyl groups is 1. The van der Waals surface area contributed by atoms with Gasteiger partial charge in [0.15, 0.2) is 0 Å². The van der Waals surface area contributed by atoms with Crippen LogP contribution in [0.15, 0.2) is 24.3 Å². The van der Waals surface area contributed by atoms with Crippen LogP contribution in [0.3, 0.4) is 0 Å². The molecule has 0 aliphatic rings. The summed E-state index contributed by atoms with van der Waals surface area (Å²) >= 11 is 0. The summed E-state index contributed by atoms with van der Waals surface area (Å²) in [5.74, 6) is 0. The minimum atomic E-state index is 0.200. The number of hydrogen-bond acceptors (Lipinski definition) is 1. The number of para-hydroxylation sites is 1. The summed E-state index contributed by atoms with van der Waals surface area (Å²) in [6.45, 7) is 1.15. The van der Waals surface area contributed by atoms with E-state index >= 15 is 0 Å². The van der Waals surface area contributed by atoms with E-state index < -0.39 is 0 Å². The number of nitrogens with one attached hydrogen (secondary N) is 1. The molecule has 0 unspecified atom stereocenters. The Kier molecular flexibility index (Phi) is 3.22. The summed E-state index contributed by atoms with van der Waals surface area (Å²) in [6.07, 6.45) is 0.722. The van der Waals surface area contributed by atoms with Crippen LogP contribution in [0.5, 0.6) is 0 Å². The van der Waals surface area contributed by atoms with Crippen molar-refractivity contribution in [2.45, 2.75) is 13.0 Å². The highest BCUT2D eigenvalue weighted by Crippen LogP contribution is 2.24. The molecule has 1 heterocycles. The standard InChI is InChI=1S/C14H21N2O/c1-16(2,3)10-14-12(8-9-17)11-6-4-5-7-13(11)15-14/h4-7,15,17H,8-10H2,1-3H3/q+1. The van der Waals surface area contributed by atoms with Gasteiger partial charge in [-0.1, -0.05) is 18.2 Å². The van der Waals surface area contributed by atoms with Gasteiger partial charge in [0.25, 0.3) is 0 Å². The van der Waals surface area contributed by atoms with Gasteiger partial charge in [-0.05, 0) is 18.1 Å². The largest absolute Gasteiger partial charge is 0.396 e. The van der Waals surface area contributed by atoms with E-state index in [1.807, 2.05) is 12.1 Å². The van der Waals surface area contributed by atoms with Crippen LogP contribution in [0.4, 0.5) is 0 Å². The first kappa shape index (κ1) is 12.1. The summed E-state index contributed by atoms with van der Waals surface area (Å²) in [6, 6.07) is 8.30. The van der Waals surface area contributed by atoms with Crippen molar-refractivity contribution in [3.05, 3.63) is 35.5 Å². The highest BCUT2D eigenvalue weighted by atomic mass is 16.2. The molecule has 2 aromatic rings. The normalized spacial score (nSPS) is 12.2. The predicted molar refractivity (Wildman–Crippen MR) is 70.8 cm³/mol. The third-order valence-electron chi connectivity index (χ3n) is 2.90. The van der Waals surface area contributed by atoms with E-state index in [-0.39, 0.29) is 6.61 Å². The monoisotopic (exact) mass is 233 g/mol. The molecule has 0 atom stereocenters. The second-order valence-corrected chi connectivity index (χ2v) is 5.55. The first-order chi connectivity index (χ1) is 8.01. The van der Waals surface area contributed by atoms with Gasteiger partial charge in [0.1, 0.15) is 6.54 Å². The summed E-state index contributed by atoms with van der Waals surface area (Å²) in [4.78, 5) is 3.48. The smallest absolute Gasteiger partial charge is 0.119 e. The van der Waals surface area contributed by atoms with Gasteiger partial charge in [-0.3, -0.25) is 0 Å². The Morgan fingerprint density at radius 2 is 1.88 bits per heavy atom. The molecule has 0 aliphatic carbocycles. The minimum Gasteiger partial charge on any atom is -0.396 e. The molecule has 3 nitrogen and oxygen atoms in total. The van der Waals surface area contributed by atoms with E-state index in [1.54, 1.807) is 0 Å². The fraction of sp³-hybridized carbons (Fsp3) is 0.429. The Balaban J connectivity index is 2.49. The molecule has 0 fully saturated rings. The fourth-order valence-electron chi connectivity index (χ4n) is 2.26. The molecule has 0 aliphatic heterocycles. The average Bonchev–Trinajstić information content (AvgIpc) is 2.55. The van der Waals surface area contributed by atoms with Crippen LogP contribution in [-0.4, -0.2) is 42.3 Å².